The molecule has 1 amide bonds. The number of fused-ring (bicyclic) bond motifs is 1. The number of esters is 1. The van der Waals surface area contributed by atoms with Crippen molar-refractivity contribution in [3.05, 3.63) is 0 Å². The van der Waals surface area contributed by atoms with Crippen LogP contribution < -0.4 is 0 Å². The zero-order chi connectivity index (χ0) is 18.5. The molecule has 1 aliphatic carbocycles. The molecule has 0 spiro atoms. The molecule has 26 heavy (non-hydrogen) atoms. The minimum Gasteiger partial charge on any atom is -0.464 e. The Hall–Kier alpha value is -1.84. The third kappa shape index (κ3) is 4.28. The molecule has 0 radical (unpaired) electrons. The number of H-pyrrole nitrogens is 1. The van der Waals surface area contributed by atoms with Crippen molar-refractivity contribution in [3.63, 3.8) is 0 Å². The first kappa shape index (κ1) is 18.9. The number of thioether (sulfide) groups is 1. The largest absolute Gasteiger partial charge is 0.464 e. The minimum atomic E-state index is -0.549. The Bertz CT molecular complexity index is 614. The van der Waals surface area contributed by atoms with Gasteiger partial charge in [-0.2, -0.15) is 5.21 Å². The fourth-order valence-electron chi connectivity index (χ4n) is 4.09. The van der Waals surface area contributed by atoms with Crippen molar-refractivity contribution in [2.75, 3.05) is 26.0 Å². The van der Waals surface area contributed by atoms with Crippen molar-refractivity contribution in [1.82, 2.24) is 25.5 Å². The van der Waals surface area contributed by atoms with Crippen molar-refractivity contribution in [2.24, 2.45) is 17.8 Å². The van der Waals surface area contributed by atoms with E-state index < -0.39 is 12.1 Å². The first-order valence-corrected chi connectivity index (χ1v) is 9.98. The second-order valence-corrected chi connectivity index (χ2v) is 7.82. The van der Waals surface area contributed by atoms with Crippen LogP contribution in [0.3, 0.4) is 0 Å². The van der Waals surface area contributed by atoms with E-state index in [9.17, 15) is 9.59 Å². The van der Waals surface area contributed by atoms with Gasteiger partial charge < -0.3 is 9.47 Å². The Labute approximate surface area is 156 Å². The highest BCUT2D eigenvalue weighted by molar-refractivity contribution is 7.99. The zero-order valence-corrected chi connectivity index (χ0v) is 15.9. The van der Waals surface area contributed by atoms with Crippen LogP contribution in [0.2, 0.25) is 0 Å². The van der Waals surface area contributed by atoms with Gasteiger partial charge in [-0.1, -0.05) is 11.8 Å². The Morgan fingerprint density at radius 3 is 2.85 bits per heavy atom. The van der Waals surface area contributed by atoms with Crippen LogP contribution in [0.25, 0.3) is 0 Å². The van der Waals surface area contributed by atoms with Crippen LogP contribution in [-0.4, -0.2) is 69.6 Å². The van der Waals surface area contributed by atoms with Gasteiger partial charge in [-0.05, 0) is 55.6 Å². The first-order chi connectivity index (χ1) is 12.6. The van der Waals surface area contributed by atoms with Crippen molar-refractivity contribution in [3.8, 4) is 0 Å². The molecular weight excluding hydrogens is 358 g/mol. The fraction of sp³-hybridized carbons (Fsp3) is 0.812. The highest BCUT2D eigenvalue weighted by atomic mass is 32.2. The molecule has 1 N–H and O–H groups in total. The van der Waals surface area contributed by atoms with Gasteiger partial charge in [0.05, 0.1) is 13.7 Å². The smallest absolute Gasteiger partial charge is 0.410 e. The lowest BCUT2D eigenvalue weighted by molar-refractivity contribution is -0.152. The van der Waals surface area contributed by atoms with Crippen LogP contribution in [0.1, 0.15) is 32.6 Å². The molecule has 3 rings (SSSR count). The van der Waals surface area contributed by atoms with E-state index in [1.807, 2.05) is 0 Å². The summed E-state index contributed by atoms with van der Waals surface area (Å²) >= 11 is 1.61. The van der Waals surface area contributed by atoms with E-state index >= 15 is 0 Å². The Balaban J connectivity index is 1.62. The van der Waals surface area contributed by atoms with E-state index in [1.54, 1.807) is 23.6 Å². The van der Waals surface area contributed by atoms with E-state index in [0.717, 1.165) is 25.0 Å². The summed E-state index contributed by atoms with van der Waals surface area (Å²) in [6.45, 7) is 2.64. The molecular formula is C16H25N5O4S. The summed E-state index contributed by atoms with van der Waals surface area (Å²) in [6.07, 6.45) is 3.38. The molecule has 0 unspecified atom stereocenters. The van der Waals surface area contributed by atoms with Crippen LogP contribution >= 0.6 is 11.8 Å². The van der Waals surface area contributed by atoms with Crippen LogP contribution in [0, 0.1) is 17.8 Å². The van der Waals surface area contributed by atoms with Gasteiger partial charge in [0.1, 0.15) is 6.04 Å². The minimum absolute atomic E-state index is 0.308. The van der Waals surface area contributed by atoms with E-state index in [2.05, 4.69) is 20.6 Å². The number of carbonyl (C=O) groups excluding carboxylic acids is 2. The molecule has 2 heterocycles. The normalized spacial score (nSPS) is 28.3. The number of carbonyl (C=O) groups is 2. The van der Waals surface area contributed by atoms with Gasteiger partial charge in [-0.15, -0.1) is 10.2 Å². The molecule has 1 saturated carbocycles. The van der Waals surface area contributed by atoms with Gasteiger partial charge in [-0.25, -0.2) is 9.59 Å². The number of aromatic nitrogens is 4. The second-order valence-electron chi connectivity index (χ2n) is 6.83. The van der Waals surface area contributed by atoms with E-state index in [4.69, 9.17) is 9.47 Å². The highest BCUT2D eigenvalue weighted by Gasteiger charge is 2.44. The molecule has 1 saturated heterocycles. The van der Waals surface area contributed by atoms with E-state index in [0.29, 0.717) is 42.5 Å². The summed E-state index contributed by atoms with van der Waals surface area (Å²) in [5, 5.41) is 14.6. The van der Waals surface area contributed by atoms with Crippen LogP contribution in [0.15, 0.2) is 5.16 Å². The summed E-state index contributed by atoms with van der Waals surface area (Å²) in [6, 6.07) is -0.549. The standard InChI is InChI=1S/C16H25N5O4S/c1-3-25-14(22)13-7-12-6-10(9-26-15-17-19-20-18-15)4-5-11(12)8-21(13)16(23)24-2/h10-13H,3-9H2,1-2H3,(H,17,18,19,20)/t10-,11-,12+,13-/m0/s1. The number of rotatable bonds is 5. The Kier molecular flexibility index (Phi) is 6.33. The van der Waals surface area contributed by atoms with Crippen LogP contribution in [0.5, 0.6) is 0 Å². The van der Waals surface area contributed by atoms with Gasteiger partial charge in [0.25, 0.3) is 0 Å². The van der Waals surface area contributed by atoms with Crippen LogP contribution in [0.4, 0.5) is 4.79 Å². The summed E-state index contributed by atoms with van der Waals surface area (Å²) in [4.78, 5) is 26.0. The first-order valence-electron chi connectivity index (χ1n) is 8.99. The maximum absolute atomic E-state index is 12.4. The molecule has 10 heteroatoms. The van der Waals surface area contributed by atoms with E-state index in [-0.39, 0.29) is 5.97 Å². The highest BCUT2D eigenvalue weighted by Crippen LogP contribution is 2.42. The summed E-state index contributed by atoms with van der Waals surface area (Å²) in [5.41, 5.74) is 0. The average molecular weight is 383 g/mol. The SMILES string of the molecule is CCOC(=O)[C@@H]1C[C@H]2C[C@@H](CSc3nn[nH]n3)CC[C@H]2CN1C(=O)OC. The molecule has 2 aliphatic rings. The number of tetrazole rings is 1. The third-order valence-electron chi connectivity index (χ3n) is 5.32. The lowest BCUT2D eigenvalue weighted by Crippen LogP contribution is -2.55. The van der Waals surface area contributed by atoms with Gasteiger partial charge in [0.2, 0.25) is 5.16 Å². The molecule has 144 valence electrons. The monoisotopic (exact) mass is 383 g/mol. The number of amides is 1. The molecule has 0 aromatic carbocycles. The summed E-state index contributed by atoms with van der Waals surface area (Å²) in [7, 11) is 1.35. The van der Waals surface area contributed by atoms with Gasteiger partial charge in [0, 0.05) is 12.3 Å². The number of ether oxygens (including phenoxy) is 2. The summed E-state index contributed by atoms with van der Waals surface area (Å²) in [5.74, 6) is 1.97. The maximum atomic E-state index is 12.4. The topological polar surface area (TPSA) is 110 Å². The maximum Gasteiger partial charge on any atom is 0.410 e. The second kappa shape index (κ2) is 8.70. The third-order valence-corrected chi connectivity index (χ3v) is 6.39. The molecule has 1 aromatic heterocycles. The molecule has 1 aliphatic heterocycles. The average Bonchev–Trinajstić information content (AvgIpc) is 3.18. The lowest BCUT2D eigenvalue weighted by atomic mass is 9.69. The number of piperidine rings is 1. The number of nitrogens with zero attached hydrogens (tertiary/aromatic N) is 4. The summed E-state index contributed by atoms with van der Waals surface area (Å²) < 4.78 is 10.1. The number of methoxy groups -OCH3 is 1. The van der Waals surface area contributed by atoms with Gasteiger partial charge >= 0.3 is 12.1 Å². The fourth-order valence-corrected chi connectivity index (χ4v) is 4.98. The molecule has 4 atom stereocenters. The number of hydrogen-bond acceptors (Lipinski definition) is 8. The molecule has 1 aromatic rings. The van der Waals surface area contributed by atoms with Crippen molar-refractivity contribution < 1.29 is 19.1 Å². The molecule has 0 bridgehead atoms. The van der Waals surface area contributed by atoms with Gasteiger partial charge in [-0.3, -0.25) is 4.90 Å². The molecule has 9 nitrogen and oxygen atoms in total. The van der Waals surface area contributed by atoms with Crippen molar-refractivity contribution in [1.29, 1.82) is 0 Å². The number of hydrogen-bond donors (Lipinski definition) is 1. The lowest BCUT2D eigenvalue weighted by Gasteiger charge is -2.46. The predicted octanol–water partition coefficient (Wildman–Crippen LogP) is 1.73. The van der Waals surface area contributed by atoms with E-state index in [1.165, 1.54) is 7.11 Å². The van der Waals surface area contributed by atoms with Crippen molar-refractivity contribution in [2.45, 2.75) is 43.8 Å². The number of nitrogens with one attached hydrogen (secondary N) is 1. The Morgan fingerprint density at radius 1 is 1.31 bits per heavy atom. The number of likely N-dealkylation sites (tertiary alicyclic amines) is 1. The quantitative estimate of drug-likeness (QED) is 0.604. The van der Waals surface area contributed by atoms with Crippen molar-refractivity contribution >= 4 is 23.8 Å². The Morgan fingerprint density at radius 2 is 2.15 bits per heavy atom. The number of aromatic amines is 1. The van der Waals surface area contributed by atoms with Crippen LogP contribution in [-0.2, 0) is 14.3 Å². The van der Waals surface area contributed by atoms with Gasteiger partial charge in [0.15, 0.2) is 0 Å². The molecule has 2 fully saturated rings. The zero-order valence-electron chi connectivity index (χ0n) is 15.1. The predicted molar refractivity (Wildman–Crippen MR) is 93.4 cm³/mol.